The number of benzene rings is 1. The van der Waals surface area contributed by atoms with Crippen molar-refractivity contribution in [3.05, 3.63) is 47.2 Å². The first-order valence-electron chi connectivity index (χ1n) is 10.1. The van der Waals surface area contributed by atoms with E-state index in [0.29, 0.717) is 37.7 Å². The second-order valence-corrected chi connectivity index (χ2v) is 7.93. The van der Waals surface area contributed by atoms with Gasteiger partial charge in [-0.25, -0.2) is 4.98 Å². The van der Waals surface area contributed by atoms with E-state index >= 15 is 0 Å². The monoisotopic (exact) mass is 452 g/mol. The van der Waals surface area contributed by atoms with Crippen molar-refractivity contribution < 1.29 is 32.5 Å². The van der Waals surface area contributed by atoms with Crippen molar-refractivity contribution in [3.8, 4) is 5.88 Å². The zero-order valence-corrected chi connectivity index (χ0v) is 17.4. The summed E-state index contributed by atoms with van der Waals surface area (Å²) in [7, 11) is 1.12. The van der Waals surface area contributed by atoms with Crippen LogP contribution in [0.5, 0.6) is 5.88 Å². The molecule has 4 rings (SSSR count). The molecule has 0 atom stereocenters. The minimum absolute atomic E-state index is 0.0492. The molecule has 0 unspecified atom stereocenters. The van der Waals surface area contributed by atoms with Crippen LogP contribution < -0.4 is 10.1 Å². The molecule has 2 N–H and O–H groups in total. The predicted molar refractivity (Wildman–Crippen MR) is 107 cm³/mol. The molecule has 3 heterocycles. The fraction of sp³-hybridized carbons (Fsp3) is 0.476. The number of amides is 1. The van der Waals surface area contributed by atoms with Gasteiger partial charge in [0.2, 0.25) is 11.8 Å². The Kier molecular flexibility index (Phi) is 5.95. The zero-order chi connectivity index (χ0) is 22.9. The van der Waals surface area contributed by atoms with Crippen LogP contribution in [-0.2, 0) is 16.5 Å². The Hall–Kier alpha value is -2.92. The number of hydrogen-bond donors (Lipinski definition) is 2. The van der Waals surface area contributed by atoms with E-state index in [4.69, 9.17) is 9.47 Å². The van der Waals surface area contributed by atoms with Crippen molar-refractivity contribution >= 4 is 11.9 Å². The van der Waals surface area contributed by atoms with E-state index in [2.05, 4.69) is 15.3 Å². The van der Waals surface area contributed by atoms with Crippen molar-refractivity contribution in [2.24, 2.45) is 0 Å². The van der Waals surface area contributed by atoms with E-state index in [-0.39, 0.29) is 31.1 Å². The molecule has 2 saturated heterocycles. The van der Waals surface area contributed by atoms with Crippen molar-refractivity contribution in [2.75, 3.05) is 38.7 Å². The molecule has 2 aromatic rings. The summed E-state index contributed by atoms with van der Waals surface area (Å²) in [6.45, 7) is 1.45. The van der Waals surface area contributed by atoms with Crippen LogP contribution in [0.4, 0.5) is 19.1 Å². The lowest BCUT2D eigenvalue weighted by Crippen LogP contribution is -2.46. The Labute approximate surface area is 182 Å². The van der Waals surface area contributed by atoms with Gasteiger partial charge in [0.25, 0.3) is 5.91 Å². The summed E-state index contributed by atoms with van der Waals surface area (Å²) >= 11 is 0. The summed E-state index contributed by atoms with van der Waals surface area (Å²) in [6, 6.07) is 6.77. The van der Waals surface area contributed by atoms with Crippen LogP contribution >= 0.6 is 0 Å². The van der Waals surface area contributed by atoms with Crippen LogP contribution in [-0.4, -0.2) is 65.3 Å². The standard InChI is InChI=1S/C21H23F3N4O4/c1-31-17-16(21(22,23)24)10-25-19(27-17)26-15-6-8-28(9-7-15)18(29)13-2-4-14(5-3-13)20(30)11-32-12-20/h2-5,10,15,30H,6-9,11-12H2,1H3,(H,25,26,27). The van der Waals surface area contributed by atoms with Gasteiger partial charge in [0.15, 0.2) is 0 Å². The maximum Gasteiger partial charge on any atom is 0.423 e. The molecule has 1 aromatic heterocycles. The molecule has 0 radical (unpaired) electrons. The lowest BCUT2D eigenvalue weighted by molar-refractivity contribution is -0.184. The van der Waals surface area contributed by atoms with Crippen LogP contribution in [0.1, 0.15) is 34.3 Å². The number of nitrogens with one attached hydrogen (secondary N) is 1. The molecule has 2 aliphatic heterocycles. The summed E-state index contributed by atoms with van der Waals surface area (Å²) in [6.07, 6.45) is -2.72. The highest BCUT2D eigenvalue weighted by atomic mass is 19.4. The molecule has 0 spiro atoms. The number of carbonyl (C=O) groups is 1. The van der Waals surface area contributed by atoms with Gasteiger partial charge in [-0.2, -0.15) is 18.2 Å². The second kappa shape index (κ2) is 8.55. The fourth-order valence-corrected chi connectivity index (χ4v) is 3.76. The van der Waals surface area contributed by atoms with E-state index in [1.807, 2.05) is 0 Å². The van der Waals surface area contributed by atoms with Gasteiger partial charge in [-0.05, 0) is 30.5 Å². The molecule has 0 bridgehead atoms. The normalized spacial score (nSPS) is 18.7. The average molecular weight is 452 g/mol. The third kappa shape index (κ3) is 4.49. The Morgan fingerprint density at radius 3 is 2.44 bits per heavy atom. The second-order valence-electron chi connectivity index (χ2n) is 7.93. The molecule has 2 fully saturated rings. The molecular formula is C21H23F3N4O4. The Bertz CT molecular complexity index is 972. The van der Waals surface area contributed by atoms with Gasteiger partial charge in [-0.3, -0.25) is 4.79 Å². The van der Waals surface area contributed by atoms with Crippen molar-refractivity contribution in [3.63, 3.8) is 0 Å². The number of methoxy groups -OCH3 is 1. The molecular weight excluding hydrogens is 429 g/mol. The minimum Gasteiger partial charge on any atom is -0.480 e. The highest BCUT2D eigenvalue weighted by Crippen LogP contribution is 2.35. The molecule has 1 amide bonds. The number of aromatic nitrogens is 2. The minimum atomic E-state index is -4.60. The molecule has 172 valence electrons. The lowest BCUT2D eigenvalue weighted by Gasteiger charge is -2.37. The quantitative estimate of drug-likeness (QED) is 0.719. The third-order valence-corrected chi connectivity index (χ3v) is 5.72. The number of alkyl halides is 3. The number of carbonyl (C=O) groups excluding carboxylic acids is 1. The first kappa shape index (κ1) is 22.3. The zero-order valence-electron chi connectivity index (χ0n) is 17.4. The maximum atomic E-state index is 12.9. The third-order valence-electron chi connectivity index (χ3n) is 5.72. The van der Waals surface area contributed by atoms with Crippen molar-refractivity contribution in [2.45, 2.75) is 30.7 Å². The Balaban J connectivity index is 1.33. The number of nitrogens with zero attached hydrogens (tertiary/aromatic N) is 3. The maximum absolute atomic E-state index is 12.9. The van der Waals surface area contributed by atoms with Gasteiger partial charge >= 0.3 is 6.18 Å². The highest BCUT2D eigenvalue weighted by Gasteiger charge is 2.38. The van der Waals surface area contributed by atoms with E-state index in [1.165, 1.54) is 0 Å². The van der Waals surface area contributed by atoms with Gasteiger partial charge in [-0.1, -0.05) is 12.1 Å². The summed E-state index contributed by atoms with van der Waals surface area (Å²) < 4.78 is 48.7. The van der Waals surface area contributed by atoms with Gasteiger partial charge in [0.1, 0.15) is 11.2 Å². The largest absolute Gasteiger partial charge is 0.480 e. The van der Waals surface area contributed by atoms with Crippen molar-refractivity contribution in [1.82, 2.24) is 14.9 Å². The van der Waals surface area contributed by atoms with E-state index in [0.717, 1.165) is 12.7 Å². The number of ether oxygens (including phenoxy) is 2. The predicted octanol–water partition coefficient (Wildman–Crippen LogP) is 2.44. The van der Waals surface area contributed by atoms with Crippen LogP contribution in [0, 0.1) is 0 Å². The summed E-state index contributed by atoms with van der Waals surface area (Å²) in [5, 5.41) is 13.3. The number of rotatable bonds is 5. The van der Waals surface area contributed by atoms with Gasteiger partial charge in [0, 0.05) is 30.9 Å². The smallest absolute Gasteiger partial charge is 0.423 e. The van der Waals surface area contributed by atoms with Gasteiger partial charge in [-0.15, -0.1) is 0 Å². The van der Waals surface area contributed by atoms with Crippen LogP contribution in [0.3, 0.4) is 0 Å². The molecule has 32 heavy (non-hydrogen) atoms. The molecule has 1 aromatic carbocycles. The van der Waals surface area contributed by atoms with Crippen LogP contribution in [0.15, 0.2) is 30.5 Å². The molecule has 2 aliphatic rings. The summed E-state index contributed by atoms with van der Waals surface area (Å²) in [5.41, 5.74) is -0.766. The SMILES string of the molecule is COc1nc(NC2CCN(C(=O)c3ccc(C4(O)COC4)cc3)CC2)ncc1C(F)(F)F. The van der Waals surface area contributed by atoms with Crippen LogP contribution in [0.2, 0.25) is 0 Å². The topological polar surface area (TPSA) is 96.8 Å². The molecule has 0 aliphatic carbocycles. The number of hydrogen-bond acceptors (Lipinski definition) is 7. The van der Waals surface area contributed by atoms with E-state index < -0.39 is 23.2 Å². The summed E-state index contributed by atoms with van der Waals surface area (Å²) in [5.74, 6) is -0.600. The Morgan fingerprint density at radius 2 is 1.91 bits per heavy atom. The van der Waals surface area contributed by atoms with E-state index in [1.54, 1.807) is 29.2 Å². The van der Waals surface area contributed by atoms with Crippen molar-refractivity contribution in [1.29, 1.82) is 0 Å². The van der Waals surface area contributed by atoms with E-state index in [9.17, 15) is 23.1 Å². The number of anilines is 1. The molecule has 8 nitrogen and oxygen atoms in total. The molecule has 11 heteroatoms. The fourth-order valence-electron chi connectivity index (χ4n) is 3.76. The highest BCUT2D eigenvalue weighted by molar-refractivity contribution is 5.94. The summed E-state index contributed by atoms with van der Waals surface area (Å²) in [4.78, 5) is 22.1. The average Bonchev–Trinajstić information content (AvgIpc) is 2.77. The lowest BCUT2D eigenvalue weighted by atomic mass is 9.91. The number of aliphatic hydroxyl groups is 1. The number of likely N-dealkylation sites (tertiary alicyclic amines) is 1. The number of halogens is 3. The first-order chi connectivity index (χ1) is 15.2. The van der Waals surface area contributed by atoms with Gasteiger partial charge < -0.3 is 24.8 Å². The number of piperidine rings is 1. The Morgan fingerprint density at radius 1 is 1.25 bits per heavy atom. The molecule has 0 saturated carbocycles. The van der Waals surface area contributed by atoms with Gasteiger partial charge in [0.05, 0.1) is 20.3 Å². The van der Waals surface area contributed by atoms with Crippen LogP contribution in [0.25, 0.3) is 0 Å². The first-order valence-corrected chi connectivity index (χ1v) is 10.1.